The van der Waals surface area contributed by atoms with Crippen molar-refractivity contribution in [2.75, 3.05) is 6.54 Å². The lowest BCUT2D eigenvalue weighted by atomic mass is 9.90. The number of nitrogens with one attached hydrogen (secondary N) is 1. The summed E-state index contributed by atoms with van der Waals surface area (Å²) in [5.41, 5.74) is 1.06. The molecular formula is C15H23BrFN. The lowest BCUT2D eigenvalue weighted by Crippen LogP contribution is -2.35. The molecule has 1 aromatic carbocycles. The summed E-state index contributed by atoms with van der Waals surface area (Å²) < 4.78 is 14.1. The normalized spacial score (nSPS) is 14.5. The lowest BCUT2D eigenvalue weighted by Gasteiger charge is -2.24. The first-order valence-corrected chi connectivity index (χ1v) is 7.55. The second kappa shape index (κ2) is 7.90. The highest BCUT2D eigenvalue weighted by atomic mass is 79.9. The lowest BCUT2D eigenvalue weighted by molar-refractivity contribution is 0.361. The molecule has 0 heterocycles. The molecule has 1 N–H and O–H groups in total. The molecule has 1 nitrogen and oxygen atoms in total. The highest BCUT2D eigenvalue weighted by Crippen LogP contribution is 2.25. The molecule has 0 aliphatic carbocycles. The van der Waals surface area contributed by atoms with Crippen molar-refractivity contribution in [3.8, 4) is 0 Å². The maximum atomic E-state index is 13.5. The Labute approximate surface area is 118 Å². The van der Waals surface area contributed by atoms with Gasteiger partial charge in [-0.25, -0.2) is 4.39 Å². The molecule has 1 aromatic rings. The fourth-order valence-corrected chi connectivity index (χ4v) is 2.63. The zero-order valence-corrected chi connectivity index (χ0v) is 13.1. The van der Waals surface area contributed by atoms with Gasteiger partial charge in [0, 0.05) is 6.04 Å². The number of rotatable bonds is 7. The topological polar surface area (TPSA) is 12.0 Å². The summed E-state index contributed by atoms with van der Waals surface area (Å²) in [5, 5.41) is 3.53. The summed E-state index contributed by atoms with van der Waals surface area (Å²) in [6, 6.07) is 5.74. The van der Waals surface area contributed by atoms with Gasteiger partial charge < -0.3 is 5.32 Å². The zero-order valence-electron chi connectivity index (χ0n) is 11.5. The Morgan fingerprint density at radius 1 is 1.33 bits per heavy atom. The van der Waals surface area contributed by atoms with Gasteiger partial charge in [0.2, 0.25) is 0 Å². The van der Waals surface area contributed by atoms with E-state index in [4.69, 9.17) is 0 Å². The molecule has 2 unspecified atom stereocenters. The Morgan fingerprint density at radius 3 is 2.67 bits per heavy atom. The Kier molecular flexibility index (Phi) is 6.87. The monoisotopic (exact) mass is 315 g/mol. The standard InChI is InChI=1S/C15H23BrFN/c1-4-9-18-11(3)12(5-2)10-13-7-6-8-14(17)15(13)16/h6-8,11-12,18H,4-5,9-10H2,1-3H3. The maximum Gasteiger partial charge on any atom is 0.137 e. The predicted molar refractivity (Wildman–Crippen MR) is 79.3 cm³/mol. The molecule has 102 valence electrons. The molecule has 3 heteroatoms. The van der Waals surface area contributed by atoms with Crippen LogP contribution in [0, 0.1) is 11.7 Å². The van der Waals surface area contributed by atoms with E-state index in [-0.39, 0.29) is 5.82 Å². The fourth-order valence-electron chi connectivity index (χ4n) is 2.20. The average molecular weight is 316 g/mol. The molecule has 0 aromatic heterocycles. The molecule has 0 saturated heterocycles. The molecule has 0 spiro atoms. The average Bonchev–Trinajstić information content (AvgIpc) is 2.37. The second-order valence-electron chi connectivity index (χ2n) is 4.83. The van der Waals surface area contributed by atoms with E-state index in [2.05, 4.69) is 42.0 Å². The number of hydrogen-bond acceptors (Lipinski definition) is 1. The van der Waals surface area contributed by atoms with Gasteiger partial charge in [0.25, 0.3) is 0 Å². The first kappa shape index (κ1) is 15.6. The molecule has 0 amide bonds. The molecule has 0 aliphatic rings. The third-order valence-corrected chi connectivity index (χ3v) is 4.35. The molecule has 0 aliphatic heterocycles. The van der Waals surface area contributed by atoms with Crippen molar-refractivity contribution in [1.82, 2.24) is 5.32 Å². The van der Waals surface area contributed by atoms with Gasteiger partial charge in [-0.1, -0.05) is 32.4 Å². The van der Waals surface area contributed by atoms with E-state index in [1.807, 2.05) is 6.07 Å². The zero-order chi connectivity index (χ0) is 13.5. The van der Waals surface area contributed by atoms with E-state index in [0.717, 1.165) is 31.4 Å². The number of hydrogen-bond donors (Lipinski definition) is 1. The van der Waals surface area contributed by atoms with E-state index in [1.165, 1.54) is 6.07 Å². The summed E-state index contributed by atoms with van der Waals surface area (Å²) in [6.07, 6.45) is 3.15. The van der Waals surface area contributed by atoms with Crippen LogP contribution in [0.5, 0.6) is 0 Å². The summed E-state index contributed by atoms with van der Waals surface area (Å²) in [7, 11) is 0. The number of halogens is 2. The highest BCUT2D eigenvalue weighted by Gasteiger charge is 2.17. The minimum Gasteiger partial charge on any atom is -0.314 e. The van der Waals surface area contributed by atoms with Crippen LogP contribution >= 0.6 is 15.9 Å². The molecule has 0 saturated carbocycles. The molecule has 18 heavy (non-hydrogen) atoms. The summed E-state index contributed by atoms with van der Waals surface area (Å²) in [4.78, 5) is 0. The quantitative estimate of drug-likeness (QED) is 0.778. The summed E-state index contributed by atoms with van der Waals surface area (Å²) >= 11 is 3.34. The van der Waals surface area contributed by atoms with Crippen LogP contribution < -0.4 is 5.32 Å². The third kappa shape index (κ3) is 4.36. The highest BCUT2D eigenvalue weighted by molar-refractivity contribution is 9.10. The van der Waals surface area contributed by atoms with Crippen molar-refractivity contribution >= 4 is 15.9 Å². The van der Waals surface area contributed by atoms with Crippen LogP contribution in [0.2, 0.25) is 0 Å². The van der Waals surface area contributed by atoms with Crippen molar-refractivity contribution < 1.29 is 4.39 Å². The minimum atomic E-state index is -0.170. The third-order valence-electron chi connectivity index (χ3n) is 3.46. The SMILES string of the molecule is CCCNC(C)C(CC)Cc1cccc(F)c1Br. The van der Waals surface area contributed by atoms with E-state index >= 15 is 0 Å². The van der Waals surface area contributed by atoms with Gasteiger partial charge in [0.05, 0.1) is 4.47 Å². The Bertz CT molecular complexity index is 368. The molecule has 0 radical (unpaired) electrons. The van der Waals surface area contributed by atoms with Crippen molar-refractivity contribution in [3.63, 3.8) is 0 Å². The van der Waals surface area contributed by atoms with Crippen molar-refractivity contribution in [3.05, 3.63) is 34.1 Å². The molecular weight excluding hydrogens is 293 g/mol. The van der Waals surface area contributed by atoms with Crippen molar-refractivity contribution in [2.24, 2.45) is 5.92 Å². The molecule has 1 rings (SSSR count). The van der Waals surface area contributed by atoms with Crippen LogP contribution in [-0.4, -0.2) is 12.6 Å². The van der Waals surface area contributed by atoms with Crippen LogP contribution in [0.15, 0.2) is 22.7 Å². The van der Waals surface area contributed by atoms with E-state index < -0.39 is 0 Å². The summed E-state index contributed by atoms with van der Waals surface area (Å²) in [6.45, 7) is 7.63. The van der Waals surface area contributed by atoms with Crippen molar-refractivity contribution in [2.45, 2.75) is 46.1 Å². The maximum absolute atomic E-state index is 13.5. The molecule has 2 atom stereocenters. The van der Waals surface area contributed by atoms with Gasteiger partial charge in [0.1, 0.15) is 5.82 Å². The molecule has 0 fully saturated rings. The van der Waals surface area contributed by atoms with E-state index in [9.17, 15) is 4.39 Å². The Balaban J connectivity index is 2.70. The van der Waals surface area contributed by atoms with Crippen LogP contribution in [-0.2, 0) is 6.42 Å². The van der Waals surface area contributed by atoms with E-state index in [1.54, 1.807) is 6.07 Å². The van der Waals surface area contributed by atoms with E-state index in [0.29, 0.717) is 16.4 Å². The second-order valence-corrected chi connectivity index (χ2v) is 5.62. The smallest absolute Gasteiger partial charge is 0.137 e. The first-order valence-electron chi connectivity index (χ1n) is 6.76. The first-order chi connectivity index (χ1) is 8.60. The van der Waals surface area contributed by atoms with Gasteiger partial charge in [0.15, 0.2) is 0 Å². The van der Waals surface area contributed by atoms with Crippen LogP contribution in [0.3, 0.4) is 0 Å². The van der Waals surface area contributed by atoms with Crippen molar-refractivity contribution in [1.29, 1.82) is 0 Å². The van der Waals surface area contributed by atoms with Crippen LogP contribution in [0.4, 0.5) is 4.39 Å². The minimum absolute atomic E-state index is 0.170. The summed E-state index contributed by atoms with van der Waals surface area (Å²) in [5.74, 6) is 0.367. The Hall–Kier alpha value is -0.410. The largest absolute Gasteiger partial charge is 0.314 e. The number of benzene rings is 1. The fraction of sp³-hybridized carbons (Fsp3) is 0.600. The van der Waals surface area contributed by atoms with Crippen LogP contribution in [0.1, 0.15) is 39.2 Å². The van der Waals surface area contributed by atoms with Crippen LogP contribution in [0.25, 0.3) is 0 Å². The predicted octanol–water partition coefficient (Wildman–Crippen LogP) is 4.55. The van der Waals surface area contributed by atoms with Gasteiger partial charge in [-0.3, -0.25) is 0 Å². The Morgan fingerprint density at radius 2 is 2.06 bits per heavy atom. The van der Waals surface area contributed by atoms with Gasteiger partial charge >= 0.3 is 0 Å². The van der Waals surface area contributed by atoms with Gasteiger partial charge in [-0.05, 0) is 59.8 Å². The molecule has 0 bridgehead atoms. The van der Waals surface area contributed by atoms with Gasteiger partial charge in [-0.2, -0.15) is 0 Å². The van der Waals surface area contributed by atoms with Gasteiger partial charge in [-0.15, -0.1) is 0 Å².